The summed E-state index contributed by atoms with van der Waals surface area (Å²) in [6.45, 7) is 13.8. The second-order valence-electron chi connectivity index (χ2n) is 13.1. The van der Waals surface area contributed by atoms with Gasteiger partial charge in [-0.05, 0) is 49.4 Å². The van der Waals surface area contributed by atoms with Crippen molar-refractivity contribution in [1.29, 1.82) is 0 Å². The number of hydrogen-bond donors (Lipinski definition) is 1. The van der Waals surface area contributed by atoms with Crippen molar-refractivity contribution in [3.05, 3.63) is 65.6 Å². The summed E-state index contributed by atoms with van der Waals surface area (Å²) in [5.74, 6) is -0.757. The number of hydrogen-bond acceptors (Lipinski definition) is 6. The van der Waals surface area contributed by atoms with Gasteiger partial charge in [0.2, 0.25) is 0 Å². The number of pyridine rings is 1. The number of imidazole rings is 1. The van der Waals surface area contributed by atoms with Gasteiger partial charge < -0.3 is 19.0 Å². The third-order valence-electron chi connectivity index (χ3n) is 11.1. The van der Waals surface area contributed by atoms with Gasteiger partial charge in [-0.2, -0.15) is 0 Å². The van der Waals surface area contributed by atoms with Gasteiger partial charge >= 0.3 is 5.97 Å². The molecule has 0 aliphatic heterocycles. The monoisotopic (exact) mass is 549 g/mol. The Balaban J connectivity index is 1.48. The highest BCUT2D eigenvalue weighted by Gasteiger charge is 2.68. The first-order valence-corrected chi connectivity index (χ1v) is 14.7. The van der Waals surface area contributed by atoms with Gasteiger partial charge in [-0.15, -0.1) is 6.58 Å². The van der Waals surface area contributed by atoms with E-state index in [1.165, 1.54) is 6.07 Å². The highest BCUT2D eigenvalue weighted by molar-refractivity contribution is 5.89. The SMILES string of the molecule is C=C[C@]1(C)C[C@@H](OC(=O)c2cn(CCCn3ccnc3)ccc2=O)[C@@]2(C)C3C(=O)CCC3(CC[C@H]2C)[C@@H](C)[C@@H]1O. The molecule has 1 N–H and O–H groups in total. The molecule has 0 amide bonds. The van der Waals surface area contributed by atoms with Crippen LogP contribution in [0.5, 0.6) is 0 Å². The van der Waals surface area contributed by atoms with Crippen LogP contribution in [-0.4, -0.2) is 43.2 Å². The van der Waals surface area contributed by atoms with E-state index in [4.69, 9.17) is 4.74 Å². The molecular formula is C32H43N3O5. The molecular weight excluding hydrogens is 506 g/mol. The number of rotatable bonds is 7. The quantitative estimate of drug-likeness (QED) is 0.398. The van der Waals surface area contributed by atoms with E-state index in [0.717, 1.165) is 32.2 Å². The molecule has 2 bridgehead atoms. The van der Waals surface area contributed by atoms with Crippen LogP contribution >= 0.6 is 0 Å². The van der Waals surface area contributed by atoms with E-state index < -0.39 is 34.4 Å². The van der Waals surface area contributed by atoms with Crippen molar-refractivity contribution in [3.8, 4) is 0 Å². The van der Waals surface area contributed by atoms with Crippen molar-refractivity contribution >= 4 is 11.8 Å². The van der Waals surface area contributed by atoms with Crippen molar-refractivity contribution in [2.45, 2.75) is 91.5 Å². The van der Waals surface area contributed by atoms with E-state index in [-0.39, 0.29) is 34.5 Å². The lowest BCUT2D eigenvalue weighted by Gasteiger charge is -2.61. The Bertz CT molecular complexity index is 1330. The van der Waals surface area contributed by atoms with Crippen LogP contribution in [0.25, 0.3) is 0 Å². The van der Waals surface area contributed by atoms with Crippen molar-refractivity contribution in [1.82, 2.24) is 14.1 Å². The van der Waals surface area contributed by atoms with Crippen LogP contribution in [0.1, 0.15) is 76.6 Å². The Kier molecular flexibility index (Phi) is 7.44. The fourth-order valence-electron chi connectivity index (χ4n) is 8.37. The predicted octanol–water partition coefficient (Wildman–Crippen LogP) is 4.66. The van der Waals surface area contributed by atoms with Crippen LogP contribution in [0, 0.1) is 34.0 Å². The number of aromatic nitrogens is 3. The third-order valence-corrected chi connectivity index (χ3v) is 11.1. The molecule has 2 aromatic heterocycles. The molecule has 8 nitrogen and oxygen atoms in total. The number of Topliss-reactive ketones (excluding diaryl/α,β-unsaturated/α-hetero) is 1. The molecule has 0 aromatic carbocycles. The minimum Gasteiger partial charge on any atom is -0.458 e. The number of nitrogens with zero attached hydrogens (tertiary/aromatic N) is 3. The summed E-state index contributed by atoms with van der Waals surface area (Å²) in [4.78, 5) is 44.3. The Morgan fingerprint density at radius 2 is 1.95 bits per heavy atom. The number of carbonyl (C=O) groups is 2. The predicted molar refractivity (Wildman–Crippen MR) is 152 cm³/mol. The lowest BCUT2D eigenvalue weighted by atomic mass is 9.44. The van der Waals surface area contributed by atoms with Gasteiger partial charge in [-0.25, -0.2) is 9.78 Å². The Morgan fingerprint density at radius 1 is 1.20 bits per heavy atom. The highest BCUT2D eigenvalue weighted by atomic mass is 16.5. The molecule has 3 saturated carbocycles. The van der Waals surface area contributed by atoms with Crippen molar-refractivity contribution < 1.29 is 19.4 Å². The van der Waals surface area contributed by atoms with Crippen LogP contribution in [0.15, 0.2) is 54.6 Å². The number of aliphatic hydroxyl groups excluding tert-OH is 1. The van der Waals surface area contributed by atoms with E-state index in [9.17, 15) is 19.5 Å². The number of aryl methyl sites for hydroxylation is 2. The zero-order chi connectivity index (χ0) is 28.9. The van der Waals surface area contributed by atoms with E-state index in [1.54, 1.807) is 31.0 Å². The molecule has 2 heterocycles. The number of aliphatic hydroxyl groups is 1. The molecule has 8 heteroatoms. The summed E-state index contributed by atoms with van der Waals surface area (Å²) in [5, 5.41) is 11.7. The van der Waals surface area contributed by atoms with Crippen molar-refractivity contribution in [3.63, 3.8) is 0 Å². The van der Waals surface area contributed by atoms with E-state index in [0.29, 0.717) is 19.4 Å². The van der Waals surface area contributed by atoms with Crippen LogP contribution in [-0.2, 0) is 22.6 Å². The smallest absolute Gasteiger partial charge is 0.343 e. The van der Waals surface area contributed by atoms with Gasteiger partial charge in [0.1, 0.15) is 17.5 Å². The number of carbonyl (C=O) groups excluding carboxylic acids is 2. The average molecular weight is 550 g/mol. The Hall–Kier alpha value is -3.00. The first kappa shape index (κ1) is 28.5. The first-order chi connectivity index (χ1) is 19.0. The van der Waals surface area contributed by atoms with Gasteiger partial charge in [0.15, 0.2) is 5.43 Å². The largest absolute Gasteiger partial charge is 0.458 e. The van der Waals surface area contributed by atoms with E-state index in [2.05, 4.69) is 32.3 Å². The summed E-state index contributed by atoms with van der Waals surface area (Å²) < 4.78 is 10.1. The van der Waals surface area contributed by atoms with Crippen LogP contribution in [0.3, 0.4) is 0 Å². The minimum atomic E-state index is -0.734. The van der Waals surface area contributed by atoms with Gasteiger partial charge in [0, 0.05) is 67.1 Å². The Labute approximate surface area is 236 Å². The topological polar surface area (TPSA) is 103 Å². The minimum absolute atomic E-state index is 0.0162. The third kappa shape index (κ3) is 4.48. The van der Waals surface area contributed by atoms with Gasteiger partial charge in [-0.3, -0.25) is 9.59 Å². The first-order valence-electron chi connectivity index (χ1n) is 14.7. The normalized spacial score (nSPS) is 37.3. The van der Waals surface area contributed by atoms with Crippen LogP contribution in [0.2, 0.25) is 0 Å². The van der Waals surface area contributed by atoms with E-state index >= 15 is 0 Å². The molecule has 3 fully saturated rings. The summed E-state index contributed by atoms with van der Waals surface area (Å²) in [7, 11) is 0. The van der Waals surface area contributed by atoms with Gasteiger partial charge in [-0.1, -0.05) is 33.8 Å². The second kappa shape index (κ2) is 10.4. The van der Waals surface area contributed by atoms with Crippen LogP contribution in [0.4, 0.5) is 0 Å². The summed E-state index contributed by atoms with van der Waals surface area (Å²) in [5.41, 5.74) is -2.11. The molecule has 8 atom stereocenters. The lowest BCUT2D eigenvalue weighted by molar-refractivity contribution is -0.192. The average Bonchev–Trinajstić information content (AvgIpc) is 3.58. The fourth-order valence-corrected chi connectivity index (χ4v) is 8.37. The molecule has 2 unspecified atom stereocenters. The number of ether oxygens (including phenoxy) is 1. The molecule has 216 valence electrons. The second-order valence-corrected chi connectivity index (χ2v) is 13.1. The summed E-state index contributed by atoms with van der Waals surface area (Å²) in [6, 6.07) is 1.40. The van der Waals surface area contributed by atoms with Crippen molar-refractivity contribution in [2.75, 3.05) is 0 Å². The molecule has 2 aromatic rings. The van der Waals surface area contributed by atoms with Crippen molar-refractivity contribution in [2.24, 2.45) is 34.0 Å². The molecule has 40 heavy (non-hydrogen) atoms. The molecule has 5 rings (SSSR count). The molecule has 0 spiro atoms. The lowest BCUT2D eigenvalue weighted by Crippen LogP contribution is -2.63. The zero-order valence-electron chi connectivity index (χ0n) is 24.2. The van der Waals surface area contributed by atoms with Crippen LogP contribution < -0.4 is 5.43 Å². The van der Waals surface area contributed by atoms with E-state index in [1.807, 2.05) is 22.3 Å². The molecule has 0 saturated heterocycles. The molecule has 3 aliphatic carbocycles. The summed E-state index contributed by atoms with van der Waals surface area (Å²) >= 11 is 0. The Morgan fingerprint density at radius 3 is 2.65 bits per heavy atom. The standard InChI is InChI=1S/C32H43N3O5/c1-6-30(4)18-26(31(5)21(2)8-11-32(22(3)28(30)38)12-9-25(37)27(31)32)40-29(39)23-19-34(16-10-24(23)36)14-7-15-35-17-13-33-20-35/h6,10,13,16-17,19-22,26-28,38H,1,7-9,11-12,14-15,18H2,2-5H3/t21-,22+,26-,27?,28+,30-,31+,32?/m1/s1. The molecule has 0 radical (unpaired) electrons. The number of ketones is 1. The highest BCUT2D eigenvalue weighted by Crippen LogP contribution is 2.68. The van der Waals surface area contributed by atoms with Gasteiger partial charge in [0.25, 0.3) is 0 Å². The maximum absolute atomic E-state index is 13.8. The maximum atomic E-state index is 13.8. The fraction of sp³-hybridized carbons (Fsp3) is 0.625. The van der Waals surface area contributed by atoms with Gasteiger partial charge in [0.05, 0.1) is 12.4 Å². The maximum Gasteiger partial charge on any atom is 0.343 e. The molecule has 3 aliphatic rings. The zero-order valence-corrected chi connectivity index (χ0v) is 24.2. The number of esters is 1. The summed E-state index contributed by atoms with van der Waals surface area (Å²) in [6.07, 6.45) is 13.1.